The van der Waals surface area contributed by atoms with Crippen LogP contribution >= 0.6 is 11.3 Å². The topological polar surface area (TPSA) is 158 Å². The molecular weight excluding hydrogens is 812 g/mol. The number of ketones is 2. The van der Waals surface area contributed by atoms with Crippen LogP contribution in [0.3, 0.4) is 0 Å². The fraction of sp³-hybridized carbons (Fsp3) is 0.548. The third-order valence-electron chi connectivity index (χ3n) is 11.8. The maximum Gasteiger partial charge on any atom is 0.422 e. The maximum absolute atomic E-state index is 14.8. The highest BCUT2D eigenvalue weighted by molar-refractivity contribution is 7.90. The smallest absolute Gasteiger partial charge is 0.422 e. The fourth-order valence-corrected chi connectivity index (χ4v) is 10.5. The first-order chi connectivity index (χ1) is 28.0. The number of nitrogens with zero attached hydrogens (tertiary/aromatic N) is 2. The Morgan fingerprint density at radius 3 is 2.53 bits per heavy atom. The van der Waals surface area contributed by atoms with E-state index in [-0.39, 0.29) is 61.1 Å². The van der Waals surface area contributed by atoms with Gasteiger partial charge in [0.05, 0.1) is 40.8 Å². The number of thiophene rings is 1. The van der Waals surface area contributed by atoms with Crippen molar-refractivity contribution in [2.45, 2.75) is 108 Å². The summed E-state index contributed by atoms with van der Waals surface area (Å²) in [7, 11) is -2.47. The van der Waals surface area contributed by atoms with Gasteiger partial charge in [-0.15, -0.1) is 11.3 Å². The highest BCUT2D eigenvalue weighted by Crippen LogP contribution is 2.57. The monoisotopic (exact) mass is 859 g/mol. The molecule has 4 heterocycles. The van der Waals surface area contributed by atoms with Gasteiger partial charge in [-0.3, -0.25) is 23.9 Å². The highest BCUT2D eigenvalue weighted by Gasteiger charge is 2.61. The summed E-state index contributed by atoms with van der Waals surface area (Å²) in [4.78, 5) is 64.0. The zero-order valence-electron chi connectivity index (χ0n) is 33.1. The second-order valence-corrected chi connectivity index (χ2v) is 19.5. The molecule has 17 heteroatoms. The van der Waals surface area contributed by atoms with Crippen molar-refractivity contribution in [2.75, 3.05) is 20.3 Å². The van der Waals surface area contributed by atoms with Crippen molar-refractivity contribution in [1.29, 1.82) is 0 Å². The number of hydrogen-bond donors (Lipinski definition) is 1. The second-order valence-electron chi connectivity index (χ2n) is 16.2. The van der Waals surface area contributed by atoms with Crippen LogP contribution in [0.1, 0.15) is 90.7 Å². The number of Topliss-reactive ketones (excluding diaryl/α,β-unsaturated/α-hetero) is 2. The van der Waals surface area contributed by atoms with E-state index in [9.17, 15) is 40.8 Å². The van der Waals surface area contributed by atoms with Gasteiger partial charge in [-0.25, -0.2) is 13.4 Å². The minimum Gasteiger partial charge on any atom is -0.496 e. The molecule has 318 valence electrons. The number of benzene rings is 1. The summed E-state index contributed by atoms with van der Waals surface area (Å²) in [5.41, 5.74) is -0.549. The Balaban J connectivity index is 1.23. The van der Waals surface area contributed by atoms with Crippen molar-refractivity contribution in [3.63, 3.8) is 0 Å². The van der Waals surface area contributed by atoms with Gasteiger partial charge in [0.15, 0.2) is 18.2 Å². The molecule has 3 fully saturated rings. The number of amides is 2. The molecule has 2 saturated carbocycles. The first-order valence-electron chi connectivity index (χ1n) is 20.0. The third kappa shape index (κ3) is 9.61. The Kier molecular flexibility index (Phi) is 12.2. The summed E-state index contributed by atoms with van der Waals surface area (Å²) in [6, 6.07) is 7.03. The van der Waals surface area contributed by atoms with Crippen LogP contribution in [-0.2, 0) is 24.4 Å². The number of carbonyl (C=O) groups excluding carboxylic acids is 4. The number of aromatic nitrogens is 1. The summed E-state index contributed by atoms with van der Waals surface area (Å²) in [6.07, 6.45) is 2.33. The SMILES string of the molecule is COc1ccc2c(O[C@@H]3C[C@H]4C(=O)C[C@]5(C(=O)NS(=O)(=O)C6CC6)C[C@@H]5/C=C\CCCCC[C@H](CC(=O)c5ccc(C)s5)C(=O)N4C3)cc(OCC(F)(F)F)nc2c1C. The molecule has 1 N–H and O–H groups in total. The molecule has 2 aliphatic heterocycles. The Hall–Kier alpha value is -4.51. The van der Waals surface area contributed by atoms with Crippen LogP contribution in [0.15, 0.2) is 42.5 Å². The molecule has 2 aliphatic carbocycles. The van der Waals surface area contributed by atoms with Crippen molar-refractivity contribution >= 4 is 55.6 Å². The van der Waals surface area contributed by atoms with Crippen molar-refractivity contribution in [1.82, 2.24) is 14.6 Å². The number of methoxy groups -OCH3 is 1. The van der Waals surface area contributed by atoms with E-state index >= 15 is 0 Å². The Labute approximate surface area is 344 Å². The van der Waals surface area contributed by atoms with Gasteiger partial charge in [0.25, 0.3) is 0 Å². The predicted octanol–water partition coefficient (Wildman–Crippen LogP) is 7.19. The number of halogens is 3. The summed E-state index contributed by atoms with van der Waals surface area (Å²) in [5, 5.41) is -0.222. The fourth-order valence-electron chi connectivity index (χ4n) is 8.31. The normalized spacial score (nSPS) is 26.0. The number of allylic oxidation sites excluding steroid dienone is 2. The van der Waals surface area contributed by atoms with E-state index in [4.69, 9.17) is 14.2 Å². The van der Waals surface area contributed by atoms with Gasteiger partial charge in [0, 0.05) is 47.1 Å². The number of sulfonamides is 1. The Bertz CT molecular complexity index is 2270. The summed E-state index contributed by atoms with van der Waals surface area (Å²) in [6.45, 7) is 1.87. The molecule has 0 spiro atoms. The van der Waals surface area contributed by atoms with E-state index in [0.717, 1.165) is 17.7 Å². The van der Waals surface area contributed by atoms with Gasteiger partial charge in [-0.2, -0.15) is 13.2 Å². The molecule has 12 nitrogen and oxygen atoms in total. The van der Waals surface area contributed by atoms with Crippen LogP contribution < -0.4 is 18.9 Å². The van der Waals surface area contributed by atoms with E-state index < -0.39 is 69.1 Å². The predicted molar refractivity (Wildman–Crippen MR) is 213 cm³/mol. The number of carbonyl (C=O) groups is 4. The highest BCUT2D eigenvalue weighted by atomic mass is 32.2. The molecule has 3 aromatic rings. The van der Waals surface area contributed by atoms with Gasteiger partial charge >= 0.3 is 6.18 Å². The number of alkyl halides is 3. The Morgan fingerprint density at radius 1 is 1.05 bits per heavy atom. The van der Waals surface area contributed by atoms with Gasteiger partial charge in [-0.05, 0) is 82.6 Å². The number of ether oxygens (including phenoxy) is 3. The molecule has 2 amide bonds. The lowest BCUT2D eigenvalue weighted by molar-refractivity contribution is -0.154. The average Bonchev–Trinajstić information content (AvgIpc) is 4.07. The lowest BCUT2D eigenvalue weighted by Gasteiger charge is -2.29. The molecule has 4 aliphatic rings. The summed E-state index contributed by atoms with van der Waals surface area (Å²) >= 11 is 1.34. The first-order valence-corrected chi connectivity index (χ1v) is 22.3. The number of fused-ring (bicyclic) bond motifs is 3. The molecule has 7 rings (SSSR count). The van der Waals surface area contributed by atoms with Crippen LogP contribution in [-0.4, -0.2) is 85.5 Å². The molecule has 5 atom stereocenters. The molecule has 0 radical (unpaired) electrons. The lowest BCUT2D eigenvalue weighted by atomic mass is 9.90. The minimum atomic E-state index is -4.65. The first kappa shape index (κ1) is 42.6. The van der Waals surface area contributed by atoms with Crippen LogP contribution in [0, 0.1) is 31.1 Å². The second kappa shape index (κ2) is 16.9. The third-order valence-corrected chi connectivity index (χ3v) is 14.7. The maximum atomic E-state index is 14.8. The van der Waals surface area contributed by atoms with Crippen LogP contribution in [0.2, 0.25) is 0 Å². The van der Waals surface area contributed by atoms with Gasteiger partial charge in [-0.1, -0.05) is 25.0 Å². The van der Waals surface area contributed by atoms with E-state index in [2.05, 4.69) is 9.71 Å². The molecular formula is C42H48F3N3O9S2. The van der Waals surface area contributed by atoms with E-state index in [0.29, 0.717) is 53.7 Å². The standard InChI is InChI=1S/C42H48F3N3O9S2/c1-24-11-16-36(58-24)32(49)17-26-9-7-5-4-6-8-10-27-20-41(27,40(52)47-59(53,54)29-12-13-29)21-33(50)31-18-28(22-48(31)39(26)51)57-35-19-37(56-23-42(43,44)45)46-38-25(2)34(55-3)15-14-30(35)38/h8,10-11,14-16,19,26-29,31H,4-7,9,12-13,17-18,20-23H2,1-3H3,(H,47,52)/b10-8-/t26-,27+,28-,31+,41-/m1/s1. The lowest BCUT2D eigenvalue weighted by Crippen LogP contribution is -2.46. The number of hydrogen-bond acceptors (Lipinski definition) is 11. The molecule has 0 unspecified atom stereocenters. The zero-order chi connectivity index (χ0) is 42.3. The van der Waals surface area contributed by atoms with Crippen molar-refractivity contribution in [2.24, 2.45) is 17.3 Å². The van der Waals surface area contributed by atoms with Crippen molar-refractivity contribution in [3.05, 3.63) is 57.8 Å². The van der Waals surface area contributed by atoms with Gasteiger partial charge in [0.1, 0.15) is 17.6 Å². The van der Waals surface area contributed by atoms with Crippen LogP contribution in [0.4, 0.5) is 13.2 Å². The molecule has 1 aromatic carbocycles. The van der Waals surface area contributed by atoms with E-state index in [1.165, 1.54) is 29.4 Å². The van der Waals surface area contributed by atoms with E-state index in [1.807, 2.05) is 25.1 Å². The van der Waals surface area contributed by atoms with Crippen LogP contribution in [0.5, 0.6) is 17.4 Å². The van der Waals surface area contributed by atoms with Gasteiger partial charge < -0.3 is 19.1 Å². The van der Waals surface area contributed by atoms with E-state index in [1.54, 1.807) is 25.1 Å². The van der Waals surface area contributed by atoms with Gasteiger partial charge in [0.2, 0.25) is 27.7 Å². The largest absolute Gasteiger partial charge is 0.496 e. The number of rotatable bonds is 11. The summed E-state index contributed by atoms with van der Waals surface area (Å²) < 4.78 is 84.8. The van der Waals surface area contributed by atoms with Crippen LogP contribution in [0.25, 0.3) is 10.9 Å². The quantitative estimate of drug-likeness (QED) is 0.155. The van der Waals surface area contributed by atoms with Crippen molar-refractivity contribution in [3.8, 4) is 17.4 Å². The van der Waals surface area contributed by atoms with Crippen molar-refractivity contribution < 1.29 is 55.0 Å². The molecule has 0 bridgehead atoms. The zero-order valence-corrected chi connectivity index (χ0v) is 34.8. The average molecular weight is 860 g/mol. The number of nitrogens with one attached hydrogen (secondary N) is 1. The number of pyridine rings is 1. The summed E-state index contributed by atoms with van der Waals surface area (Å²) in [5.74, 6) is -2.77. The Morgan fingerprint density at radius 2 is 1.83 bits per heavy atom. The molecule has 2 aromatic heterocycles. The molecule has 1 saturated heterocycles. The minimum absolute atomic E-state index is 0.0361. The number of aryl methyl sites for hydroxylation is 2. The molecule has 59 heavy (non-hydrogen) atoms.